The number of hydrogen-bond donors (Lipinski definition) is 0. The second kappa shape index (κ2) is 8.53. The molecule has 6 rings (SSSR count). The molecule has 0 atom stereocenters. The quantitative estimate of drug-likeness (QED) is 0.331. The van der Waals surface area contributed by atoms with Crippen LogP contribution in [0.25, 0.3) is 32.4 Å². The maximum Gasteiger partial charge on any atom is 0.294 e. The zero-order valence-corrected chi connectivity index (χ0v) is 19.3. The van der Waals surface area contributed by atoms with E-state index in [9.17, 15) is 9.59 Å². The molecule has 170 valence electrons. The number of benzene rings is 2. The molecule has 0 spiro atoms. The van der Waals surface area contributed by atoms with Crippen molar-refractivity contribution in [3.05, 3.63) is 76.8 Å². The third-order valence-corrected chi connectivity index (χ3v) is 7.36. The van der Waals surface area contributed by atoms with Crippen molar-refractivity contribution in [3.63, 3.8) is 0 Å². The van der Waals surface area contributed by atoms with E-state index in [4.69, 9.17) is 9.40 Å². The molecule has 0 saturated carbocycles. The maximum atomic E-state index is 13.4. The molecule has 1 aliphatic heterocycles. The van der Waals surface area contributed by atoms with Crippen LogP contribution in [-0.2, 0) is 6.54 Å². The molecule has 1 aliphatic rings. The van der Waals surface area contributed by atoms with Crippen molar-refractivity contribution in [2.75, 3.05) is 18.0 Å². The molecule has 0 bridgehead atoms. The van der Waals surface area contributed by atoms with Gasteiger partial charge >= 0.3 is 0 Å². The molecule has 0 unspecified atom stereocenters. The highest BCUT2D eigenvalue weighted by molar-refractivity contribution is 7.22. The Labute approximate surface area is 199 Å². The van der Waals surface area contributed by atoms with E-state index in [0.717, 1.165) is 41.8 Å². The van der Waals surface area contributed by atoms with Crippen LogP contribution in [0.1, 0.15) is 29.6 Å². The molecule has 2 aromatic carbocycles. The predicted octanol–water partition coefficient (Wildman–Crippen LogP) is 5.14. The van der Waals surface area contributed by atoms with E-state index in [0.29, 0.717) is 27.2 Å². The van der Waals surface area contributed by atoms with Gasteiger partial charge < -0.3 is 9.32 Å². The average molecular weight is 471 g/mol. The highest BCUT2D eigenvalue weighted by Gasteiger charge is 2.23. The Kier molecular flexibility index (Phi) is 5.22. The summed E-state index contributed by atoms with van der Waals surface area (Å²) in [5.41, 5.74) is 1.04. The van der Waals surface area contributed by atoms with Gasteiger partial charge in [-0.05, 0) is 48.2 Å². The Morgan fingerprint density at radius 3 is 2.62 bits per heavy atom. The number of thiazole rings is 1. The van der Waals surface area contributed by atoms with E-state index >= 15 is 0 Å². The van der Waals surface area contributed by atoms with Gasteiger partial charge in [-0.25, -0.2) is 9.67 Å². The van der Waals surface area contributed by atoms with Crippen LogP contribution >= 0.6 is 11.3 Å². The summed E-state index contributed by atoms with van der Waals surface area (Å²) in [5, 5.41) is 7.43. The molecule has 8 heteroatoms. The van der Waals surface area contributed by atoms with Gasteiger partial charge in [0.2, 0.25) is 0 Å². The molecule has 3 aromatic heterocycles. The smallest absolute Gasteiger partial charge is 0.294 e. The standard InChI is InChI=1S/C26H22N4O3S/c31-20(19-11-10-17-7-2-3-8-18(17)15-19)16-30-25(32)23-24(22(28-30)21-9-6-14-33-21)34-26(27-23)29-12-4-1-5-13-29/h2-3,6-11,14-15H,1,4-5,12-13,16H2. The molecule has 0 amide bonds. The molecule has 1 fully saturated rings. The second-order valence-corrected chi connectivity index (χ2v) is 9.47. The van der Waals surface area contributed by atoms with Crippen molar-refractivity contribution >= 4 is 43.2 Å². The van der Waals surface area contributed by atoms with E-state index in [1.807, 2.05) is 42.5 Å². The van der Waals surface area contributed by atoms with Gasteiger partial charge in [-0.15, -0.1) is 0 Å². The Morgan fingerprint density at radius 1 is 1.00 bits per heavy atom. The molecule has 0 N–H and O–H groups in total. The van der Waals surface area contributed by atoms with Gasteiger partial charge in [0.05, 0.1) is 11.0 Å². The minimum Gasteiger partial charge on any atom is -0.463 e. The van der Waals surface area contributed by atoms with Gasteiger partial charge in [0, 0.05) is 18.7 Å². The van der Waals surface area contributed by atoms with Gasteiger partial charge in [0.25, 0.3) is 5.56 Å². The number of carbonyl (C=O) groups is 1. The largest absolute Gasteiger partial charge is 0.463 e. The zero-order chi connectivity index (χ0) is 23.1. The summed E-state index contributed by atoms with van der Waals surface area (Å²) in [6.45, 7) is 1.69. The number of rotatable bonds is 5. The summed E-state index contributed by atoms with van der Waals surface area (Å²) in [6.07, 6.45) is 5.02. The summed E-state index contributed by atoms with van der Waals surface area (Å²) >= 11 is 1.46. The van der Waals surface area contributed by atoms with Crippen molar-refractivity contribution in [1.82, 2.24) is 14.8 Å². The van der Waals surface area contributed by atoms with E-state index < -0.39 is 0 Å². The first-order valence-corrected chi connectivity index (χ1v) is 12.2. The fourth-order valence-corrected chi connectivity index (χ4v) is 5.54. The fourth-order valence-electron chi connectivity index (χ4n) is 4.44. The fraction of sp³-hybridized carbons (Fsp3) is 0.231. The van der Waals surface area contributed by atoms with Gasteiger partial charge in [-0.3, -0.25) is 9.59 Å². The van der Waals surface area contributed by atoms with Gasteiger partial charge in [-0.1, -0.05) is 47.7 Å². The summed E-state index contributed by atoms with van der Waals surface area (Å²) < 4.78 is 7.53. The molecule has 1 saturated heterocycles. The van der Waals surface area contributed by atoms with E-state index in [-0.39, 0.29) is 17.9 Å². The second-order valence-electron chi connectivity index (χ2n) is 8.50. The van der Waals surface area contributed by atoms with Crippen LogP contribution in [0.15, 0.2) is 70.1 Å². The lowest BCUT2D eigenvalue weighted by molar-refractivity contribution is 0.0966. The number of ketones is 1. The first-order chi connectivity index (χ1) is 16.7. The van der Waals surface area contributed by atoms with E-state index in [2.05, 4.69) is 10.00 Å². The third-order valence-electron chi connectivity index (χ3n) is 6.23. The van der Waals surface area contributed by atoms with Crippen LogP contribution in [0.2, 0.25) is 0 Å². The first kappa shape index (κ1) is 20.8. The van der Waals surface area contributed by atoms with Crippen molar-refractivity contribution < 1.29 is 9.21 Å². The number of hydrogen-bond acceptors (Lipinski definition) is 7. The molecule has 0 radical (unpaired) electrons. The van der Waals surface area contributed by atoms with Crippen LogP contribution in [0.5, 0.6) is 0 Å². The Morgan fingerprint density at radius 2 is 1.82 bits per heavy atom. The first-order valence-electron chi connectivity index (χ1n) is 11.4. The Hall–Kier alpha value is -3.78. The third kappa shape index (κ3) is 3.70. The summed E-state index contributed by atoms with van der Waals surface area (Å²) in [4.78, 5) is 33.4. The van der Waals surface area contributed by atoms with Gasteiger partial charge in [0.15, 0.2) is 22.2 Å². The van der Waals surface area contributed by atoms with Crippen LogP contribution in [0.4, 0.5) is 5.13 Å². The number of aromatic nitrogens is 3. The van der Waals surface area contributed by atoms with Gasteiger partial charge in [-0.2, -0.15) is 5.10 Å². The van der Waals surface area contributed by atoms with Crippen LogP contribution in [0, 0.1) is 0 Å². The zero-order valence-electron chi connectivity index (χ0n) is 18.4. The van der Waals surface area contributed by atoms with Crippen LogP contribution < -0.4 is 10.5 Å². The number of furan rings is 1. The van der Waals surface area contributed by atoms with Crippen LogP contribution in [-0.4, -0.2) is 33.6 Å². The van der Waals surface area contributed by atoms with Crippen molar-refractivity contribution in [2.45, 2.75) is 25.8 Å². The predicted molar refractivity (Wildman–Crippen MR) is 134 cm³/mol. The van der Waals surface area contributed by atoms with E-state index in [1.54, 1.807) is 18.4 Å². The number of fused-ring (bicyclic) bond motifs is 2. The number of nitrogens with zero attached hydrogens (tertiary/aromatic N) is 4. The highest BCUT2D eigenvalue weighted by Crippen LogP contribution is 2.34. The Bertz CT molecular complexity index is 1560. The monoisotopic (exact) mass is 470 g/mol. The number of Topliss-reactive ketones (excluding diaryl/α,β-unsaturated/α-hetero) is 1. The Balaban J connectivity index is 1.43. The summed E-state index contributed by atoms with van der Waals surface area (Å²) in [5.74, 6) is 0.363. The van der Waals surface area contributed by atoms with Crippen LogP contribution in [0.3, 0.4) is 0 Å². The molecular formula is C26H22N4O3S. The van der Waals surface area contributed by atoms with E-state index in [1.165, 1.54) is 22.4 Å². The molecule has 34 heavy (non-hydrogen) atoms. The van der Waals surface area contributed by atoms with Crippen molar-refractivity contribution in [1.29, 1.82) is 0 Å². The lowest BCUT2D eigenvalue weighted by Gasteiger charge is -2.25. The van der Waals surface area contributed by atoms with Crippen molar-refractivity contribution in [3.8, 4) is 11.5 Å². The molecule has 4 heterocycles. The molecular weight excluding hydrogens is 448 g/mol. The highest BCUT2D eigenvalue weighted by atomic mass is 32.1. The lowest BCUT2D eigenvalue weighted by Crippen LogP contribution is -2.29. The van der Waals surface area contributed by atoms with Crippen molar-refractivity contribution in [2.24, 2.45) is 0 Å². The maximum absolute atomic E-state index is 13.4. The summed E-state index contributed by atoms with van der Waals surface area (Å²) in [6, 6.07) is 17.0. The number of carbonyl (C=O) groups excluding carboxylic acids is 1. The topological polar surface area (TPSA) is 81.2 Å². The minimum absolute atomic E-state index is 0.169. The number of piperidine rings is 1. The molecule has 0 aliphatic carbocycles. The average Bonchev–Trinajstić information content (AvgIpc) is 3.57. The minimum atomic E-state index is -0.362. The van der Waals surface area contributed by atoms with Gasteiger partial charge in [0.1, 0.15) is 12.2 Å². The SMILES string of the molecule is O=C(Cn1nc(-c2ccco2)c2sc(N3CCCCC3)nc2c1=O)c1ccc2ccccc2c1. The normalized spacial score (nSPS) is 14.2. The molecule has 5 aromatic rings. The lowest BCUT2D eigenvalue weighted by atomic mass is 10.0. The number of anilines is 1. The molecule has 7 nitrogen and oxygen atoms in total. The summed E-state index contributed by atoms with van der Waals surface area (Å²) in [7, 11) is 0.